The van der Waals surface area contributed by atoms with Crippen LogP contribution in [0.1, 0.15) is 0 Å². The van der Waals surface area contributed by atoms with Gasteiger partial charge in [-0.2, -0.15) is 0 Å². The van der Waals surface area contributed by atoms with Gasteiger partial charge in [0.05, 0.1) is 29.8 Å². The Morgan fingerprint density at radius 3 is 2.74 bits per heavy atom. The molecule has 4 heteroatoms. The van der Waals surface area contributed by atoms with Crippen LogP contribution in [0.5, 0.6) is 11.5 Å². The monoisotopic (exact) mass is 251 g/mol. The van der Waals surface area contributed by atoms with Crippen LogP contribution < -0.4 is 10.1 Å². The molecule has 0 aliphatic rings. The van der Waals surface area contributed by atoms with E-state index in [9.17, 15) is 0 Å². The van der Waals surface area contributed by atoms with Crippen LogP contribution in [-0.4, -0.2) is 17.0 Å². The van der Waals surface area contributed by atoms with E-state index < -0.39 is 0 Å². The van der Waals surface area contributed by atoms with E-state index in [1.165, 1.54) is 0 Å². The molecule has 2 heterocycles. The summed E-state index contributed by atoms with van der Waals surface area (Å²) in [5.41, 5.74) is 1.86. The highest BCUT2D eigenvalue weighted by atomic mass is 16.5. The van der Waals surface area contributed by atoms with E-state index in [0.717, 1.165) is 16.6 Å². The second-order valence-corrected chi connectivity index (χ2v) is 4.13. The number of hydrogen-bond donors (Lipinski definition) is 1. The van der Waals surface area contributed by atoms with Gasteiger partial charge >= 0.3 is 0 Å². The first-order valence-electron chi connectivity index (χ1n) is 6.00. The Kier molecular flexibility index (Phi) is 2.98. The zero-order valence-electron chi connectivity index (χ0n) is 10.5. The van der Waals surface area contributed by atoms with Gasteiger partial charge in [-0.1, -0.05) is 18.2 Å². The molecule has 3 rings (SSSR count). The molecule has 0 bridgehead atoms. The van der Waals surface area contributed by atoms with Gasteiger partial charge in [0.2, 0.25) is 0 Å². The third kappa shape index (κ3) is 2.47. The fraction of sp³-hybridized carbons (Fsp3) is 0.0667. The lowest BCUT2D eigenvalue weighted by atomic mass is 10.2. The van der Waals surface area contributed by atoms with Gasteiger partial charge in [-0.25, -0.2) is 0 Å². The van der Waals surface area contributed by atoms with Gasteiger partial charge in [-0.3, -0.25) is 9.97 Å². The van der Waals surface area contributed by atoms with Crippen LogP contribution in [0.3, 0.4) is 0 Å². The van der Waals surface area contributed by atoms with Crippen molar-refractivity contribution in [1.29, 1.82) is 0 Å². The van der Waals surface area contributed by atoms with Gasteiger partial charge < -0.3 is 10.1 Å². The Morgan fingerprint density at radius 2 is 1.84 bits per heavy atom. The molecule has 0 radical (unpaired) electrons. The average Bonchev–Trinajstić information content (AvgIpc) is 2.47. The highest BCUT2D eigenvalue weighted by Crippen LogP contribution is 2.24. The number of fused-ring (bicyclic) bond motifs is 1. The Morgan fingerprint density at radius 1 is 1.00 bits per heavy atom. The molecule has 0 aliphatic carbocycles. The third-order valence-electron chi connectivity index (χ3n) is 2.80. The normalized spacial score (nSPS) is 10.4. The summed E-state index contributed by atoms with van der Waals surface area (Å²) in [7, 11) is 1.85. The number of pyridine rings is 2. The Hall–Kier alpha value is -2.62. The van der Waals surface area contributed by atoms with Crippen LogP contribution in [0.25, 0.3) is 10.9 Å². The highest BCUT2D eigenvalue weighted by molar-refractivity contribution is 5.79. The molecule has 4 nitrogen and oxygen atoms in total. The van der Waals surface area contributed by atoms with Crippen molar-refractivity contribution in [2.45, 2.75) is 0 Å². The molecule has 94 valence electrons. The predicted molar refractivity (Wildman–Crippen MR) is 75.6 cm³/mol. The van der Waals surface area contributed by atoms with Crippen LogP contribution >= 0.6 is 0 Å². The van der Waals surface area contributed by atoms with Gasteiger partial charge in [-0.05, 0) is 12.1 Å². The average molecular weight is 251 g/mol. The first-order chi connectivity index (χ1) is 9.35. The molecule has 19 heavy (non-hydrogen) atoms. The molecule has 0 saturated carbocycles. The zero-order chi connectivity index (χ0) is 13.1. The highest BCUT2D eigenvalue weighted by Gasteiger charge is 2.01. The standard InChI is InChI=1S/C15H13N3O/c1-16-12-7-14(9-17-8-12)19-13-6-11-4-2-3-5-15(11)18-10-13/h2-10,16H,1H3. The number of benzene rings is 1. The van der Waals surface area contributed by atoms with E-state index in [1.807, 2.05) is 43.4 Å². The van der Waals surface area contributed by atoms with Gasteiger partial charge in [0, 0.05) is 18.5 Å². The summed E-state index contributed by atoms with van der Waals surface area (Å²) < 4.78 is 5.76. The molecule has 2 aromatic heterocycles. The van der Waals surface area contributed by atoms with Crippen molar-refractivity contribution in [2.75, 3.05) is 12.4 Å². The molecule has 1 N–H and O–H groups in total. The number of hydrogen-bond acceptors (Lipinski definition) is 4. The van der Waals surface area contributed by atoms with Crippen molar-refractivity contribution in [3.63, 3.8) is 0 Å². The van der Waals surface area contributed by atoms with Crippen LogP contribution in [0.2, 0.25) is 0 Å². The van der Waals surface area contributed by atoms with E-state index in [-0.39, 0.29) is 0 Å². The number of ether oxygens (including phenoxy) is 1. The number of nitrogens with one attached hydrogen (secondary N) is 1. The van der Waals surface area contributed by atoms with Crippen molar-refractivity contribution < 1.29 is 4.74 Å². The summed E-state index contributed by atoms with van der Waals surface area (Å²) in [5.74, 6) is 1.39. The summed E-state index contributed by atoms with van der Waals surface area (Å²) in [6.07, 6.45) is 5.13. The number of rotatable bonds is 3. The van der Waals surface area contributed by atoms with Crippen molar-refractivity contribution >= 4 is 16.6 Å². The summed E-state index contributed by atoms with van der Waals surface area (Å²) in [6.45, 7) is 0. The lowest BCUT2D eigenvalue weighted by Crippen LogP contribution is -1.91. The van der Waals surface area contributed by atoms with Crippen molar-refractivity contribution in [2.24, 2.45) is 0 Å². The van der Waals surface area contributed by atoms with Crippen molar-refractivity contribution in [3.8, 4) is 11.5 Å². The van der Waals surface area contributed by atoms with Crippen LogP contribution in [0.15, 0.2) is 55.0 Å². The van der Waals surface area contributed by atoms with Crippen LogP contribution in [0.4, 0.5) is 5.69 Å². The molecule has 0 saturated heterocycles. The van der Waals surface area contributed by atoms with Gasteiger partial charge in [0.1, 0.15) is 11.5 Å². The van der Waals surface area contributed by atoms with Crippen molar-refractivity contribution in [1.82, 2.24) is 9.97 Å². The lowest BCUT2D eigenvalue weighted by Gasteiger charge is -2.07. The second kappa shape index (κ2) is 4.94. The Labute approximate surface area is 111 Å². The quantitative estimate of drug-likeness (QED) is 0.774. The van der Waals surface area contributed by atoms with Gasteiger partial charge in [0.25, 0.3) is 0 Å². The fourth-order valence-corrected chi connectivity index (χ4v) is 1.85. The smallest absolute Gasteiger partial charge is 0.147 e. The predicted octanol–water partition coefficient (Wildman–Crippen LogP) is 3.46. The van der Waals surface area contributed by atoms with E-state index in [1.54, 1.807) is 18.6 Å². The number of anilines is 1. The molecular weight excluding hydrogens is 238 g/mol. The molecule has 0 amide bonds. The molecule has 0 fully saturated rings. The summed E-state index contributed by atoms with van der Waals surface area (Å²) in [6, 6.07) is 11.8. The Balaban J connectivity index is 1.92. The lowest BCUT2D eigenvalue weighted by molar-refractivity contribution is 0.479. The molecule has 0 aliphatic heterocycles. The maximum atomic E-state index is 5.76. The summed E-state index contributed by atoms with van der Waals surface area (Å²) >= 11 is 0. The largest absolute Gasteiger partial charge is 0.454 e. The van der Waals surface area contributed by atoms with Gasteiger partial charge in [0.15, 0.2) is 0 Å². The first kappa shape index (κ1) is 11.5. The van der Waals surface area contributed by atoms with E-state index in [2.05, 4.69) is 15.3 Å². The van der Waals surface area contributed by atoms with Gasteiger partial charge in [-0.15, -0.1) is 0 Å². The third-order valence-corrected chi connectivity index (χ3v) is 2.80. The minimum atomic E-state index is 0.684. The summed E-state index contributed by atoms with van der Waals surface area (Å²) in [5, 5.41) is 4.08. The summed E-state index contributed by atoms with van der Waals surface area (Å²) in [4.78, 5) is 8.46. The van der Waals surface area contributed by atoms with E-state index in [4.69, 9.17) is 4.74 Å². The second-order valence-electron chi connectivity index (χ2n) is 4.13. The topological polar surface area (TPSA) is 47.0 Å². The fourth-order valence-electron chi connectivity index (χ4n) is 1.85. The maximum absolute atomic E-state index is 5.76. The molecule has 0 atom stereocenters. The van der Waals surface area contributed by atoms with Crippen LogP contribution in [-0.2, 0) is 0 Å². The zero-order valence-corrected chi connectivity index (χ0v) is 10.5. The molecule has 0 spiro atoms. The first-order valence-corrected chi connectivity index (χ1v) is 6.00. The van der Waals surface area contributed by atoms with Crippen molar-refractivity contribution in [3.05, 3.63) is 55.0 Å². The number of para-hydroxylation sites is 1. The molecular formula is C15H13N3O. The molecule has 0 unspecified atom stereocenters. The van der Waals surface area contributed by atoms with Crippen LogP contribution in [0, 0.1) is 0 Å². The number of aromatic nitrogens is 2. The SMILES string of the molecule is CNc1cncc(Oc2cnc3ccccc3c2)c1. The molecule has 3 aromatic rings. The minimum Gasteiger partial charge on any atom is -0.454 e. The van der Waals surface area contributed by atoms with E-state index >= 15 is 0 Å². The number of nitrogens with zero attached hydrogens (tertiary/aromatic N) is 2. The minimum absolute atomic E-state index is 0.684. The van der Waals surface area contributed by atoms with E-state index in [0.29, 0.717) is 11.5 Å². The molecule has 1 aromatic carbocycles. The maximum Gasteiger partial charge on any atom is 0.147 e. The Bertz CT molecular complexity index is 712.